The highest BCUT2D eigenvalue weighted by Crippen LogP contribution is 2.23. The molecule has 2 atom stereocenters. The van der Waals surface area contributed by atoms with Gasteiger partial charge in [0, 0.05) is 37.0 Å². The van der Waals surface area contributed by atoms with Crippen molar-refractivity contribution < 1.29 is 9.63 Å². The summed E-state index contributed by atoms with van der Waals surface area (Å²) in [6.45, 7) is 10.2. The van der Waals surface area contributed by atoms with Gasteiger partial charge in [-0.1, -0.05) is 42.4 Å². The number of halogens is 1. The second kappa shape index (κ2) is 12.0. The summed E-state index contributed by atoms with van der Waals surface area (Å²) >= 11 is 0. The number of hydrogen-bond acceptors (Lipinski definition) is 4. The number of aliphatic hydroxyl groups excluding tert-OH is 1. The Hall–Kier alpha value is -1.61. The Morgan fingerprint density at radius 3 is 2.48 bits per heavy atom. The largest absolute Gasteiger partial charge is 0.396 e. The predicted octanol–water partition coefficient (Wildman–Crippen LogP) is 3.34. The van der Waals surface area contributed by atoms with Crippen molar-refractivity contribution in [3.05, 3.63) is 52.9 Å². The van der Waals surface area contributed by atoms with E-state index in [4.69, 9.17) is 9.52 Å². The van der Waals surface area contributed by atoms with Crippen LogP contribution in [0.4, 0.5) is 0 Å². The Kier molecular flexibility index (Phi) is 10.4. The van der Waals surface area contributed by atoms with Crippen molar-refractivity contribution in [1.82, 2.24) is 15.8 Å². The number of guanidine groups is 1. The average molecular weight is 486 g/mol. The monoisotopic (exact) mass is 486 g/mol. The van der Waals surface area contributed by atoms with Gasteiger partial charge in [-0.15, -0.1) is 24.0 Å². The molecule has 0 aliphatic heterocycles. The second-order valence-electron chi connectivity index (χ2n) is 6.53. The topological polar surface area (TPSA) is 82.7 Å². The highest BCUT2D eigenvalue weighted by molar-refractivity contribution is 14.0. The van der Waals surface area contributed by atoms with Crippen molar-refractivity contribution in [2.45, 2.75) is 39.5 Å². The van der Waals surface area contributed by atoms with Crippen LogP contribution < -0.4 is 10.6 Å². The molecule has 2 rings (SSSR count). The molecule has 1 heterocycles. The van der Waals surface area contributed by atoms with Crippen LogP contribution in [-0.4, -0.2) is 42.5 Å². The minimum Gasteiger partial charge on any atom is -0.396 e. The minimum absolute atomic E-state index is 0. The Bertz CT molecular complexity index is 684. The van der Waals surface area contributed by atoms with Gasteiger partial charge in [0.05, 0.1) is 12.3 Å². The molecular weight excluding hydrogens is 455 g/mol. The fourth-order valence-corrected chi connectivity index (χ4v) is 3.09. The van der Waals surface area contributed by atoms with Crippen LogP contribution in [-0.2, 0) is 0 Å². The van der Waals surface area contributed by atoms with E-state index in [2.05, 4.69) is 22.7 Å². The van der Waals surface area contributed by atoms with E-state index in [-0.39, 0.29) is 42.4 Å². The summed E-state index contributed by atoms with van der Waals surface area (Å²) in [5.41, 5.74) is 3.16. The third kappa shape index (κ3) is 6.80. The lowest BCUT2D eigenvalue weighted by atomic mass is 10.00. The summed E-state index contributed by atoms with van der Waals surface area (Å²) in [6, 6.07) is 10.0. The van der Waals surface area contributed by atoms with Crippen LogP contribution in [0.5, 0.6) is 0 Å². The molecule has 0 aliphatic carbocycles. The zero-order chi connectivity index (χ0) is 18.9. The first kappa shape index (κ1) is 23.4. The molecule has 0 radical (unpaired) electrons. The summed E-state index contributed by atoms with van der Waals surface area (Å²) in [5.74, 6) is 1.85. The number of hydrogen-bond donors (Lipinski definition) is 3. The molecule has 3 N–H and O–H groups in total. The van der Waals surface area contributed by atoms with Gasteiger partial charge >= 0.3 is 0 Å². The van der Waals surface area contributed by atoms with Gasteiger partial charge in [0.15, 0.2) is 5.96 Å². The molecule has 6 nitrogen and oxygen atoms in total. The van der Waals surface area contributed by atoms with E-state index < -0.39 is 0 Å². The number of nitrogens with zero attached hydrogens (tertiary/aromatic N) is 2. The molecule has 0 amide bonds. The van der Waals surface area contributed by atoms with E-state index >= 15 is 0 Å². The number of aliphatic imine (C=N–C) groups is 1. The molecule has 0 saturated heterocycles. The Balaban J connectivity index is 0.00000364. The zero-order valence-corrected chi connectivity index (χ0v) is 18.9. The molecular formula is C20H31IN4O2. The molecule has 1 aromatic carbocycles. The van der Waals surface area contributed by atoms with Crippen LogP contribution >= 0.6 is 24.0 Å². The van der Waals surface area contributed by atoms with Crippen LogP contribution in [0.1, 0.15) is 48.3 Å². The predicted molar refractivity (Wildman–Crippen MR) is 120 cm³/mol. The van der Waals surface area contributed by atoms with Gasteiger partial charge in [-0.25, -0.2) is 0 Å². The number of rotatable bonds is 8. The van der Waals surface area contributed by atoms with Crippen molar-refractivity contribution in [1.29, 1.82) is 0 Å². The van der Waals surface area contributed by atoms with E-state index in [1.54, 1.807) is 0 Å². The number of nitrogens with one attached hydrogen (secondary N) is 2. The number of aromatic nitrogens is 1. The van der Waals surface area contributed by atoms with E-state index in [1.165, 1.54) is 0 Å². The van der Waals surface area contributed by atoms with Gasteiger partial charge in [0.25, 0.3) is 0 Å². The number of aryl methyl sites for hydroxylation is 2. The van der Waals surface area contributed by atoms with Crippen LogP contribution in [0.15, 0.2) is 39.8 Å². The molecule has 0 saturated carbocycles. The van der Waals surface area contributed by atoms with Gasteiger partial charge in [0.2, 0.25) is 0 Å². The molecule has 0 bridgehead atoms. The van der Waals surface area contributed by atoms with Gasteiger partial charge in [-0.05, 0) is 26.3 Å². The third-order valence-electron chi connectivity index (χ3n) is 4.46. The van der Waals surface area contributed by atoms with E-state index in [1.807, 2.05) is 51.1 Å². The van der Waals surface area contributed by atoms with Crippen LogP contribution in [0.25, 0.3) is 0 Å². The van der Waals surface area contributed by atoms with Crippen molar-refractivity contribution >= 4 is 29.9 Å². The normalized spacial score (nSPS) is 13.6. The van der Waals surface area contributed by atoms with Crippen LogP contribution in [0.2, 0.25) is 0 Å². The van der Waals surface area contributed by atoms with Crippen molar-refractivity contribution in [2.75, 3.05) is 26.2 Å². The first-order valence-corrected chi connectivity index (χ1v) is 9.17. The molecule has 2 aromatic rings. The second-order valence-corrected chi connectivity index (χ2v) is 6.53. The SMILES string of the molecule is CCNC(=NCC(C)c1c(C)noc1C)NCC(CO)c1ccccc1.I. The number of benzene rings is 1. The van der Waals surface area contributed by atoms with Crippen LogP contribution in [0, 0.1) is 13.8 Å². The Labute approximate surface area is 178 Å². The maximum absolute atomic E-state index is 9.71. The van der Waals surface area contributed by atoms with Crippen LogP contribution in [0.3, 0.4) is 0 Å². The molecule has 1 aromatic heterocycles. The average Bonchev–Trinajstić information content (AvgIpc) is 2.99. The summed E-state index contributed by atoms with van der Waals surface area (Å²) < 4.78 is 5.26. The Morgan fingerprint density at radius 1 is 1.22 bits per heavy atom. The summed E-state index contributed by atoms with van der Waals surface area (Å²) in [5, 5.41) is 20.3. The lowest BCUT2D eigenvalue weighted by Gasteiger charge is -2.18. The fraction of sp³-hybridized carbons (Fsp3) is 0.500. The molecule has 0 fully saturated rings. The fourth-order valence-electron chi connectivity index (χ4n) is 3.09. The lowest BCUT2D eigenvalue weighted by molar-refractivity contribution is 0.265. The maximum atomic E-state index is 9.71. The smallest absolute Gasteiger partial charge is 0.191 e. The molecule has 0 spiro atoms. The minimum atomic E-state index is 0. The quantitative estimate of drug-likeness (QED) is 0.303. The van der Waals surface area contributed by atoms with Gasteiger partial charge in [0.1, 0.15) is 5.76 Å². The van der Waals surface area contributed by atoms with Gasteiger partial charge < -0.3 is 20.3 Å². The van der Waals surface area contributed by atoms with E-state index in [9.17, 15) is 5.11 Å². The van der Waals surface area contributed by atoms with E-state index in [0.717, 1.165) is 35.1 Å². The molecule has 150 valence electrons. The lowest BCUT2D eigenvalue weighted by Crippen LogP contribution is -2.40. The summed E-state index contributed by atoms with van der Waals surface area (Å²) in [4.78, 5) is 4.69. The summed E-state index contributed by atoms with van der Waals surface area (Å²) in [6.07, 6.45) is 0. The third-order valence-corrected chi connectivity index (χ3v) is 4.46. The van der Waals surface area contributed by atoms with Gasteiger partial charge in [-0.2, -0.15) is 0 Å². The standard InChI is InChI=1S/C20H30N4O2.HI/c1-5-21-20(22-11-14(2)19-15(3)24-26-16(19)4)23-12-18(13-25)17-9-7-6-8-10-17;/h6-10,14,18,25H,5,11-13H2,1-4H3,(H2,21,22,23);1H. The molecule has 0 aliphatic rings. The maximum Gasteiger partial charge on any atom is 0.191 e. The molecule has 27 heavy (non-hydrogen) atoms. The molecule has 7 heteroatoms. The first-order valence-electron chi connectivity index (χ1n) is 9.17. The Morgan fingerprint density at radius 2 is 1.93 bits per heavy atom. The first-order chi connectivity index (χ1) is 12.6. The highest BCUT2D eigenvalue weighted by atomic mass is 127. The van der Waals surface area contributed by atoms with E-state index in [0.29, 0.717) is 13.1 Å². The highest BCUT2D eigenvalue weighted by Gasteiger charge is 2.16. The number of aliphatic hydroxyl groups is 1. The van der Waals surface area contributed by atoms with Crippen molar-refractivity contribution in [2.24, 2.45) is 4.99 Å². The van der Waals surface area contributed by atoms with Crippen molar-refractivity contribution in [3.63, 3.8) is 0 Å². The van der Waals surface area contributed by atoms with Gasteiger partial charge in [-0.3, -0.25) is 4.99 Å². The summed E-state index contributed by atoms with van der Waals surface area (Å²) in [7, 11) is 0. The zero-order valence-electron chi connectivity index (χ0n) is 16.5. The van der Waals surface area contributed by atoms with Crippen molar-refractivity contribution in [3.8, 4) is 0 Å². The molecule has 2 unspecified atom stereocenters.